The Morgan fingerprint density at radius 2 is 1.87 bits per heavy atom. The summed E-state index contributed by atoms with van der Waals surface area (Å²) in [5, 5.41) is 21.7. The highest BCUT2D eigenvalue weighted by atomic mass is 35.5. The molecule has 0 radical (unpaired) electrons. The van der Waals surface area contributed by atoms with E-state index in [1.54, 1.807) is 4.90 Å². The van der Waals surface area contributed by atoms with Gasteiger partial charge in [0.1, 0.15) is 23.8 Å². The van der Waals surface area contributed by atoms with Crippen LogP contribution in [0, 0.1) is 22.7 Å². The number of halogens is 1. The van der Waals surface area contributed by atoms with Crippen molar-refractivity contribution in [3.63, 3.8) is 0 Å². The third-order valence-electron chi connectivity index (χ3n) is 9.65. The van der Waals surface area contributed by atoms with Crippen molar-refractivity contribution in [3.05, 3.63) is 52.0 Å². The molecule has 246 valence electrons. The van der Waals surface area contributed by atoms with E-state index in [0.717, 1.165) is 55.2 Å². The molecule has 1 amide bonds. The Hall–Kier alpha value is -4.05. The predicted molar refractivity (Wildman–Crippen MR) is 184 cm³/mol. The molecule has 10 heteroatoms. The largest absolute Gasteiger partial charge is 0.475 e. The minimum Gasteiger partial charge on any atom is -0.475 e. The number of rotatable bonds is 6. The molecule has 3 aliphatic rings. The van der Waals surface area contributed by atoms with E-state index in [2.05, 4.69) is 47.2 Å². The summed E-state index contributed by atoms with van der Waals surface area (Å²) in [7, 11) is 2.10. The summed E-state index contributed by atoms with van der Waals surface area (Å²) < 4.78 is 12.1. The van der Waals surface area contributed by atoms with Crippen LogP contribution in [0.15, 0.2) is 30.3 Å². The molecule has 0 N–H and O–H groups in total. The smallest absolute Gasteiger partial charge is 0.410 e. The maximum Gasteiger partial charge on any atom is 0.410 e. The zero-order chi connectivity index (χ0) is 33.3. The van der Waals surface area contributed by atoms with Crippen LogP contribution in [0.4, 0.5) is 10.5 Å². The minimum absolute atomic E-state index is 0.127. The normalized spacial score (nSPS) is 20.1. The van der Waals surface area contributed by atoms with Gasteiger partial charge in [0.2, 0.25) is 5.88 Å². The lowest BCUT2D eigenvalue weighted by Gasteiger charge is -2.42. The highest BCUT2D eigenvalue weighted by Gasteiger charge is 2.36. The molecule has 2 aromatic carbocycles. The van der Waals surface area contributed by atoms with Gasteiger partial charge in [0.25, 0.3) is 0 Å². The van der Waals surface area contributed by atoms with Crippen LogP contribution in [-0.4, -0.2) is 78.4 Å². The summed E-state index contributed by atoms with van der Waals surface area (Å²) in [4.78, 5) is 24.1. The van der Waals surface area contributed by atoms with E-state index in [-0.39, 0.29) is 12.5 Å². The molecule has 1 aromatic heterocycles. The molecule has 47 heavy (non-hydrogen) atoms. The van der Waals surface area contributed by atoms with Crippen molar-refractivity contribution in [1.82, 2.24) is 14.8 Å². The molecule has 3 aromatic rings. The molecule has 3 heterocycles. The lowest BCUT2D eigenvalue weighted by Crippen LogP contribution is -2.56. The zero-order valence-corrected chi connectivity index (χ0v) is 28.6. The first-order valence-corrected chi connectivity index (χ1v) is 17.1. The molecule has 1 aliphatic carbocycles. The zero-order valence-electron chi connectivity index (χ0n) is 27.8. The molecule has 0 spiro atoms. The summed E-state index contributed by atoms with van der Waals surface area (Å²) >= 11 is 7.12. The standard InChI is InChI=1S/C37H43ClN6O3/c1-37(2,3)47-36(45)44-18-17-43(22-25(44)14-15-39)34-30-19-32(38)29(28-13-7-10-24-9-5-6-12-27(24)28)20-33(30)41-35(31(34)21-40)46-23-26-11-8-16-42(26)4/h7,10,13,19-20,25-26H,5-6,8-9,11-12,14,16-18,22-23H2,1-4H3/t25?,26-/m0/s1. The van der Waals surface area contributed by atoms with Gasteiger partial charge >= 0.3 is 6.09 Å². The number of nitriles is 2. The van der Waals surface area contributed by atoms with E-state index in [4.69, 9.17) is 26.1 Å². The number of fused-ring (bicyclic) bond motifs is 2. The fraction of sp³-hybridized carbons (Fsp3) is 0.514. The number of piperazine rings is 1. The van der Waals surface area contributed by atoms with Crippen LogP contribution in [0.25, 0.3) is 22.0 Å². The molecule has 2 atom stereocenters. The Morgan fingerprint density at radius 1 is 1.06 bits per heavy atom. The SMILES string of the molecule is CN1CCC[C@H]1COc1nc2cc(-c3cccc4c3CCCC4)c(Cl)cc2c(N2CCN(C(=O)OC(C)(C)C)C(CC#N)C2)c1C#N. The molecule has 2 saturated heterocycles. The van der Waals surface area contributed by atoms with Crippen LogP contribution >= 0.6 is 11.6 Å². The van der Waals surface area contributed by atoms with E-state index in [9.17, 15) is 15.3 Å². The number of hydrogen-bond acceptors (Lipinski definition) is 8. The number of amides is 1. The van der Waals surface area contributed by atoms with Gasteiger partial charge in [-0.25, -0.2) is 9.78 Å². The van der Waals surface area contributed by atoms with Crippen molar-refractivity contribution in [1.29, 1.82) is 10.5 Å². The maximum absolute atomic E-state index is 13.2. The van der Waals surface area contributed by atoms with Gasteiger partial charge in [-0.1, -0.05) is 29.8 Å². The molecule has 1 unspecified atom stereocenters. The number of ether oxygens (including phenoxy) is 2. The summed E-state index contributed by atoms with van der Waals surface area (Å²) in [6.07, 6.45) is 6.23. The summed E-state index contributed by atoms with van der Waals surface area (Å²) in [6.45, 7) is 8.05. The number of benzene rings is 2. The lowest BCUT2D eigenvalue weighted by atomic mass is 9.85. The maximum atomic E-state index is 13.2. The molecule has 0 bridgehead atoms. The van der Waals surface area contributed by atoms with E-state index in [1.807, 2.05) is 32.9 Å². The van der Waals surface area contributed by atoms with E-state index in [1.165, 1.54) is 17.5 Å². The minimum atomic E-state index is -0.660. The molecule has 0 saturated carbocycles. The fourth-order valence-electron chi connectivity index (χ4n) is 7.28. The Bertz CT molecular complexity index is 1760. The third-order valence-corrected chi connectivity index (χ3v) is 9.96. The number of carbonyl (C=O) groups excluding carboxylic acids is 1. The van der Waals surface area contributed by atoms with Crippen molar-refractivity contribution < 1.29 is 14.3 Å². The highest BCUT2D eigenvalue weighted by Crippen LogP contribution is 2.43. The molecular weight excluding hydrogens is 612 g/mol. The van der Waals surface area contributed by atoms with Gasteiger partial charge in [0.05, 0.1) is 29.7 Å². The molecule has 6 rings (SSSR count). The molecule has 9 nitrogen and oxygen atoms in total. The number of aromatic nitrogens is 1. The van der Waals surface area contributed by atoms with Gasteiger partial charge in [0.15, 0.2) is 0 Å². The average Bonchev–Trinajstić information content (AvgIpc) is 3.46. The number of anilines is 1. The third kappa shape index (κ3) is 6.84. The van der Waals surface area contributed by atoms with E-state index in [0.29, 0.717) is 53.9 Å². The number of aryl methyl sites for hydroxylation is 1. The number of likely N-dealkylation sites (tertiary alicyclic amines) is 1. The topological polar surface area (TPSA) is 106 Å². The van der Waals surface area contributed by atoms with Crippen molar-refractivity contribution in [2.45, 2.75) is 83.4 Å². The molecule has 2 fully saturated rings. The highest BCUT2D eigenvalue weighted by molar-refractivity contribution is 6.34. The molecular formula is C37H43ClN6O3. The van der Waals surface area contributed by atoms with Gasteiger partial charge in [-0.3, -0.25) is 0 Å². The van der Waals surface area contributed by atoms with Crippen LogP contribution in [0.5, 0.6) is 5.88 Å². The Labute approximate surface area is 282 Å². The Morgan fingerprint density at radius 3 is 2.60 bits per heavy atom. The van der Waals surface area contributed by atoms with Crippen LogP contribution in [0.1, 0.15) is 69.6 Å². The summed E-state index contributed by atoms with van der Waals surface area (Å²) in [5.41, 5.74) is 5.78. The van der Waals surface area contributed by atoms with Crippen LogP contribution in [-0.2, 0) is 17.6 Å². The number of carbonyl (C=O) groups is 1. The average molecular weight is 655 g/mol. The summed E-state index contributed by atoms with van der Waals surface area (Å²) in [5.74, 6) is 0.296. The van der Waals surface area contributed by atoms with Gasteiger partial charge in [-0.05, 0) is 102 Å². The van der Waals surface area contributed by atoms with Crippen LogP contribution in [0.2, 0.25) is 5.02 Å². The van der Waals surface area contributed by atoms with Crippen molar-refractivity contribution in [3.8, 4) is 29.1 Å². The monoisotopic (exact) mass is 654 g/mol. The van der Waals surface area contributed by atoms with E-state index >= 15 is 0 Å². The van der Waals surface area contributed by atoms with E-state index < -0.39 is 17.7 Å². The fourth-order valence-corrected chi connectivity index (χ4v) is 7.55. The van der Waals surface area contributed by atoms with Gasteiger partial charge < -0.3 is 24.2 Å². The first-order chi connectivity index (χ1) is 22.6. The Balaban J connectivity index is 1.45. The second kappa shape index (κ2) is 13.6. The summed E-state index contributed by atoms with van der Waals surface area (Å²) in [6, 6.07) is 14.9. The lowest BCUT2D eigenvalue weighted by molar-refractivity contribution is 0.0145. The number of hydrogen-bond donors (Lipinski definition) is 0. The number of pyridine rings is 1. The number of nitrogens with zero attached hydrogens (tertiary/aromatic N) is 6. The predicted octanol–water partition coefficient (Wildman–Crippen LogP) is 7.12. The van der Waals surface area contributed by atoms with Crippen molar-refractivity contribution in [2.24, 2.45) is 0 Å². The quantitative estimate of drug-likeness (QED) is 0.277. The first-order valence-electron chi connectivity index (χ1n) is 16.7. The first kappa shape index (κ1) is 32.9. The van der Waals surface area contributed by atoms with Gasteiger partial charge in [-0.2, -0.15) is 10.5 Å². The second-order valence-electron chi connectivity index (χ2n) is 14.0. The van der Waals surface area contributed by atoms with Gasteiger partial charge in [0, 0.05) is 41.6 Å². The van der Waals surface area contributed by atoms with Crippen LogP contribution < -0.4 is 9.64 Å². The van der Waals surface area contributed by atoms with Gasteiger partial charge in [-0.15, -0.1) is 0 Å². The van der Waals surface area contributed by atoms with Crippen molar-refractivity contribution in [2.75, 3.05) is 44.7 Å². The number of likely N-dealkylation sites (N-methyl/N-ethyl adjacent to an activating group) is 1. The van der Waals surface area contributed by atoms with Crippen LogP contribution in [0.3, 0.4) is 0 Å². The Kier molecular flexibility index (Phi) is 9.50. The van der Waals surface area contributed by atoms with Crippen molar-refractivity contribution >= 4 is 34.3 Å². The molecule has 2 aliphatic heterocycles. The second-order valence-corrected chi connectivity index (χ2v) is 14.4.